The number of alkyl carbamates (subject to hydrolysis) is 1. The van der Waals surface area contributed by atoms with Gasteiger partial charge in [-0.1, -0.05) is 24.2 Å². The quantitative estimate of drug-likeness (QED) is 0.837. The van der Waals surface area contributed by atoms with E-state index in [1.807, 2.05) is 0 Å². The number of benzene rings is 1. The Kier molecular flexibility index (Phi) is 5.79. The first-order valence-electron chi connectivity index (χ1n) is 6.40. The van der Waals surface area contributed by atoms with Gasteiger partial charge < -0.3 is 15.4 Å². The van der Waals surface area contributed by atoms with Crippen molar-refractivity contribution in [2.45, 2.75) is 32.9 Å². The summed E-state index contributed by atoms with van der Waals surface area (Å²) in [7, 11) is 0. The molecule has 114 valence electrons. The molecule has 6 heteroatoms. The largest absolute Gasteiger partial charge is 0.444 e. The molecule has 0 aliphatic rings. The molecular weight excluding hydrogens is 292 g/mol. The van der Waals surface area contributed by atoms with Crippen LogP contribution < -0.4 is 10.6 Å². The maximum atomic E-state index is 11.7. The number of anilines is 1. The second-order valence-corrected chi connectivity index (χ2v) is 5.72. The van der Waals surface area contributed by atoms with Gasteiger partial charge in [0, 0.05) is 22.8 Å². The first kappa shape index (κ1) is 17.0. The van der Waals surface area contributed by atoms with Crippen molar-refractivity contribution < 1.29 is 14.3 Å². The number of nitrogens with one attached hydrogen (secondary N) is 2. The second kappa shape index (κ2) is 7.13. The van der Waals surface area contributed by atoms with Crippen LogP contribution in [-0.2, 0) is 16.1 Å². The summed E-state index contributed by atoms with van der Waals surface area (Å²) in [5, 5.41) is 5.68. The normalized spacial score (nSPS) is 10.7. The third-order valence-electron chi connectivity index (χ3n) is 2.37. The molecule has 1 aromatic carbocycles. The molecule has 2 N–H and O–H groups in total. The van der Waals surface area contributed by atoms with Crippen LogP contribution in [0, 0.1) is 0 Å². The van der Waals surface area contributed by atoms with E-state index >= 15 is 0 Å². The Morgan fingerprint density at radius 2 is 2.05 bits per heavy atom. The summed E-state index contributed by atoms with van der Waals surface area (Å²) in [6, 6.07) is 5.08. The molecule has 0 aliphatic carbocycles. The zero-order valence-electron chi connectivity index (χ0n) is 12.3. The van der Waals surface area contributed by atoms with E-state index in [0.29, 0.717) is 16.3 Å². The average Bonchev–Trinajstić information content (AvgIpc) is 2.35. The van der Waals surface area contributed by atoms with Gasteiger partial charge in [0.25, 0.3) is 0 Å². The van der Waals surface area contributed by atoms with Gasteiger partial charge in [-0.3, -0.25) is 4.79 Å². The Bertz CT molecular complexity index is 550. The number of hydrogen-bond donors (Lipinski definition) is 2. The summed E-state index contributed by atoms with van der Waals surface area (Å²) in [5.41, 5.74) is 0.536. The topological polar surface area (TPSA) is 67.4 Å². The van der Waals surface area contributed by atoms with Crippen LogP contribution in [0.2, 0.25) is 5.02 Å². The van der Waals surface area contributed by atoms with Crippen molar-refractivity contribution in [3.05, 3.63) is 41.4 Å². The molecule has 0 atom stereocenters. The van der Waals surface area contributed by atoms with Gasteiger partial charge in [0.15, 0.2) is 0 Å². The zero-order chi connectivity index (χ0) is 16.0. The fraction of sp³-hybridized carbons (Fsp3) is 0.333. The van der Waals surface area contributed by atoms with Crippen LogP contribution >= 0.6 is 11.6 Å². The molecular formula is C15H19ClN2O3. The highest BCUT2D eigenvalue weighted by molar-refractivity contribution is 6.31. The van der Waals surface area contributed by atoms with Gasteiger partial charge in [-0.15, -0.1) is 0 Å². The molecule has 1 aromatic rings. The summed E-state index contributed by atoms with van der Waals surface area (Å²) in [6.45, 7) is 8.86. The number of carbonyl (C=O) groups excluding carboxylic acids is 2. The van der Waals surface area contributed by atoms with Crippen LogP contribution in [-0.4, -0.2) is 17.6 Å². The molecule has 0 aliphatic heterocycles. The summed E-state index contributed by atoms with van der Waals surface area (Å²) >= 11 is 6.10. The zero-order valence-corrected chi connectivity index (χ0v) is 13.1. The molecule has 0 aromatic heterocycles. The smallest absolute Gasteiger partial charge is 0.407 e. The van der Waals surface area contributed by atoms with Gasteiger partial charge in [-0.2, -0.15) is 0 Å². The lowest BCUT2D eigenvalue weighted by Gasteiger charge is -2.20. The Balaban J connectivity index is 2.80. The fourth-order valence-electron chi connectivity index (χ4n) is 1.51. The number of hydrogen-bond acceptors (Lipinski definition) is 3. The SMILES string of the molecule is C=CC(=O)Nc1cccc(Cl)c1CNC(=O)OC(C)(C)C. The monoisotopic (exact) mass is 310 g/mol. The van der Waals surface area contributed by atoms with E-state index in [1.165, 1.54) is 0 Å². The molecule has 2 amide bonds. The summed E-state index contributed by atoms with van der Waals surface area (Å²) in [6.07, 6.45) is 0.606. The Labute approximate surface area is 129 Å². The van der Waals surface area contributed by atoms with Gasteiger partial charge in [0.2, 0.25) is 5.91 Å². The van der Waals surface area contributed by atoms with Crippen molar-refractivity contribution in [2.75, 3.05) is 5.32 Å². The molecule has 5 nitrogen and oxygen atoms in total. The molecule has 21 heavy (non-hydrogen) atoms. The van der Waals surface area contributed by atoms with Crippen molar-refractivity contribution in [1.82, 2.24) is 5.32 Å². The molecule has 0 unspecified atom stereocenters. The van der Waals surface area contributed by atoms with Crippen molar-refractivity contribution in [3.63, 3.8) is 0 Å². The predicted molar refractivity (Wildman–Crippen MR) is 83.4 cm³/mol. The maximum absolute atomic E-state index is 11.7. The summed E-state index contributed by atoms with van der Waals surface area (Å²) in [4.78, 5) is 23.0. The van der Waals surface area contributed by atoms with Gasteiger partial charge in [-0.25, -0.2) is 4.79 Å². The highest BCUT2D eigenvalue weighted by Crippen LogP contribution is 2.24. The van der Waals surface area contributed by atoms with E-state index in [0.717, 1.165) is 6.08 Å². The summed E-state index contributed by atoms with van der Waals surface area (Å²) < 4.78 is 5.14. The first-order chi connectivity index (χ1) is 9.73. The van der Waals surface area contributed by atoms with Crippen molar-refractivity contribution >= 4 is 29.3 Å². The molecule has 0 fully saturated rings. The molecule has 0 bridgehead atoms. The van der Waals surface area contributed by atoms with Gasteiger partial charge in [0.1, 0.15) is 5.60 Å². The molecule has 0 saturated heterocycles. The van der Waals surface area contributed by atoms with Crippen molar-refractivity contribution in [3.8, 4) is 0 Å². The van der Waals surface area contributed by atoms with Crippen LogP contribution in [0.5, 0.6) is 0 Å². The van der Waals surface area contributed by atoms with Gasteiger partial charge in [-0.05, 0) is 39.0 Å². The van der Waals surface area contributed by atoms with Crippen LogP contribution in [0.1, 0.15) is 26.3 Å². The van der Waals surface area contributed by atoms with Crippen molar-refractivity contribution in [1.29, 1.82) is 0 Å². The van der Waals surface area contributed by atoms with Crippen molar-refractivity contribution in [2.24, 2.45) is 0 Å². The number of halogens is 1. The minimum Gasteiger partial charge on any atom is -0.444 e. The van der Waals surface area contributed by atoms with E-state index in [4.69, 9.17) is 16.3 Å². The summed E-state index contributed by atoms with van der Waals surface area (Å²) in [5.74, 6) is -0.351. The molecule has 0 heterocycles. The number of carbonyl (C=O) groups is 2. The molecule has 0 radical (unpaired) electrons. The number of amides is 2. The Hall–Kier alpha value is -2.01. The standard InChI is InChI=1S/C15H19ClN2O3/c1-5-13(19)18-12-8-6-7-11(16)10(12)9-17-14(20)21-15(2,3)4/h5-8H,1,9H2,2-4H3,(H,17,20)(H,18,19). The van der Waals surface area contributed by atoms with Crippen LogP contribution in [0.4, 0.5) is 10.5 Å². The molecule has 1 rings (SSSR count). The Morgan fingerprint density at radius 1 is 1.38 bits per heavy atom. The van der Waals surface area contributed by atoms with E-state index < -0.39 is 11.7 Å². The highest BCUT2D eigenvalue weighted by Gasteiger charge is 2.17. The van der Waals surface area contributed by atoms with Crippen LogP contribution in [0.25, 0.3) is 0 Å². The van der Waals surface area contributed by atoms with Gasteiger partial charge in [0.05, 0.1) is 0 Å². The first-order valence-corrected chi connectivity index (χ1v) is 6.78. The van der Waals surface area contributed by atoms with Crippen LogP contribution in [0.15, 0.2) is 30.9 Å². The van der Waals surface area contributed by atoms with Crippen LogP contribution in [0.3, 0.4) is 0 Å². The maximum Gasteiger partial charge on any atom is 0.407 e. The van der Waals surface area contributed by atoms with E-state index in [9.17, 15) is 9.59 Å². The van der Waals surface area contributed by atoms with E-state index in [-0.39, 0.29) is 12.5 Å². The minimum atomic E-state index is -0.579. The van der Waals surface area contributed by atoms with Gasteiger partial charge >= 0.3 is 6.09 Å². The lowest BCUT2D eigenvalue weighted by molar-refractivity contribution is -0.111. The Morgan fingerprint density at radius 3 is 2.62 bits per heavy atom. The minimum absolute atomic E-state index is 0.140. The molecule has 0 saturated carbocycles. The lowest BCUT2D eigenvalue weighted by Crippen LogP contribution is -2.32. The second-order valence-electron chi connectivity index (χ2n) is 5.31. The number of ether oxygens (including phenoxy) is 1. The third-order valence-corrected chi connectivity index (χ3v) is 2.72. The average molecular weight is 311 g/mol. The molecule has 0 spiro atoms. The fourth-order valence-corrected chi connectivity index (χ4v) is 1.76. The predicted octanol–water partition coefficient (Wildman–Crippen LogP) is 3.49. The lowest BCUT2D eigenvalue weighted by atomic mass is 10.1. The van der Waals surface area contributed by atoms with E-state index in [1.54, 1.807) is 39.0 Å². The number of rotatable bonds is 4. The van der Waals surface area contributed by atoms with E-state index in [2.05, 4.69) is 17.2 Å². The highest BCUT2D eigenvalue weighted by atomic mass is 35.5. The third kappa shape index (κ3) is 5.87.